The van der Waals surface area contributed by atoms with Crippen molar-refractivity contribution in [3.63, 3.8) is 0 Å². The van der Waals surface area contributed by atoms with Gasteiger partial charge in [-0.15, -0.1) is 35.6 Å². The van der Waals surface area contributed by atoms with Gasteiger partial charge in [-0.1, -0.05) is 119 Å². The molecule has 5 aromatic carbocycles. The van der Waals surface area contributed by atoms with Gasteiger partial charge in [0.2, 0.25) is 0 Å². The topological polar surface area (TPSA) is 59.2 Å². The van der Waals surface area contributed by atoms with Crippen LogP contribution in [-0.4, -0.2) is 15.1 Å². The van der Waals surface area contributed by atoms with Crippen molar-refractivity contribution in [3.8, 4) is 71.5 Å². The predicted molar refractivity (Wildman–Crippen MR) is 242 cm³/mol. The van der Waals surface area contributed by atoms with Crippen LogP contribution in [0.5, 0.6) is 5.75 Å². The van der Waals surface area contributed by atoms with Gasteiger partial charge >= 0.3 is 0 Å². The molecule has 0 unspecified atom stereocenters. The minimum Gasteiger partial charge on any atom is -0.507 e. The first-order chi connectivity index (χ1) is 27.8. The Morgan fingerprint density at radius 1 is 0.525 bits per heavy atom. The van der Waals surface area contributed by atoms with Crippen LogP contribution in [0.2, 0.25) is 0 Å². The van der Waals surface area contributed by atoms with Crippen molar-refractivity contribution >= 4 is 33.3 Å². The van der Waals surface area contributed by atoms with E-state index in [0.717, 1.165) is 77.3 Å². The van der Waals surface area contributed by atoms with Crippen molar-refractivity contribution in [1.82, 2.24) is 9.97 Å². The second-order valence-corrected chi connectivity index (χ2v) is 18.4. The summed E-state index contributed by atoms with van der Waals surface area (Å²) in [5.74, 6) is 0.193. The molecule has 0 saturated carbocycles. The molecular weight excluding hydrogens is 924 g/mol. The standard InChI is InChI=1S/C53H45N2O2S.Pt/c1-32-23-38(51-22-21-50(58-51)35-19-20-42-41-15-9-11-18-48(41)57-49(42)30-35)29-44(54-32)33-13-12-14-34(24-33)45-27-37(28-46(55-45)43-16-8-10-17-47(43)56)36-25-39(52(2,3)4)31-40(26-36)53(5,6)7;/h8-23,25-31,56H,1-7H3;/q-1;. The molecule has 0 saturated heterocycles. The Morgan fingerprint density at radius 2 is 1.12 bits per heavy atom. The molecule has 0 atom stereocenters. The molecule has 9 rings (SSSR count). The summed E-state index contributed by atoms with van der Waals surface area (Å²) in [6.45, 7) is 15.6. The maximum atomic E-state index is 11.0. The summed E-state index contributed by atoms with van der Waals surface area (Å²) >= 11 is 1.76. The number of hydrogen-bond donors (Lipinski definition) is 1. The van der Waals surface area contributed by atoms with Gasteiger partial charge in [-0.25, -0.2) is 0 Å². The maximum Gasteiger partial charge on any atom is 0.136 e. The van der Waals surface area contributed by atoms with Crippen molar-refractivity contribution in [2.24, 2.45) is 0 Å². The zero-order valence-corrected chi connectivity index (χ0v) is 37.3. The van der Waals surface area contributed by atoms with Gasteiger partial charge < -0.3 is 9.52 Å². The van der Waals surface area contributed by atoms with Crippen LogP contribution < -0.4 is 0 Å². The number of hydrogen-bond acceptors (Lipinski definition) is 5. The summed E-state index contributed by atoms with van der Waals surface area (Å²) in [7, 11) is 0. The van der Waals surface area contributed by atoms with Gasteiger partial charge in [-0.05, 0) is 106 Å². The molecule has 9 aromatic rings. The van der Waals surface area contributed by atoms with Crippen LogP contribution in [-0.2, 0) is 31.9 Å². The van der Waals surface area contributed by atoms with Crippen LogP contribution in [0.4, 0.5) is 0 Å². The zero-order valence-electron chi connectivity index (χ0n) is 34.3. The third-order valence-corrected chi connectivity index (χ3v) is 12.0. The number of benzene rings is 5. The summed E-state index contributed by atoms with van der Waals surface area (Å²) < 4.78 is 6.20. The summed E-state index contributed by atoms with van der Waals surface area (Å²) in [6.07, 6.45) is 0. The largest absolute Gasteiger partial charge is 0.507 e. The van der Waals surface area contributed by atoms with Crippen LogP contribution in [0.3, 0.4) is 0 Å². The van der Waals surface area contributed by atoms with Crippen molar-refractivity contribution in [2.45, 2.75) is 59.3 Å². The first kappa shape index (κ1) is 40.2. The number of rotatable bonds is 6. The van der Waals surface area contributed by atoms with Gasteiger partial charge in [0.1, 0.15) is 16.9 Å². The maximum absolute atomic E-state index is 11.0. The fraction of sp³-hybridized carbons (Fsp3) is 0.170. The molecule has 1 N–H and O–H groups in total. The average Bonchev–Trinajstić information content (AvgIpc) is 3.85. The Balaban J connectivity index is 0.00000484. The van der Waals surface area contributed by atoms with E-state index in [-0.39, 0.29) is 37.6 Å². The van der Waals surface area contributed by atoms with Crippen molar-refractivity contribution in [1.29, 1.82) is 0 Å². The Morgan fingerprint density at radius 3 is 1.83 bits per heavy atom. The van der Waals surface area contributed by atoms with E-state index in [1.54, 1.807) is 17.4 Å². The minimum absolute atomic E-state index is 0. The van der Waals surface area contributed by atoms with E-state index < -0.39 is 0 Å². The zero-order chi connectivity index (χ0) is 40.3. The second-order valence-electron chi connectivity index (χ2n) is 17.3. The molecule has 4 aromatic heterocycles. The molecule has 0 fully saturated rings. The summed E-state index contributed by atoms with van der Waals surface area (Å²) in [4.78, 5) is 12.5. The number of fused-ring (bicyclic) bond motifs is 3. The molecule has 0 spiro atoms. The first-order valence-electron chi connectivity index (χ1n) is 19.8. The average molecular weight is 969 g/mol. The molecule has 59 heavy (non-hydrogen) atoms. The van der Waals surface area contributed by atoms with Crippen molar-refractivity contribution < 1.29 is 30.6 Å². The number of pyridine rings is 2. The molecule has 0 radical (unpaired) electrons. The SMILES string of the molecule is Cc1cc(-c2ccc(-c3ccc4c(c3)oc3ccccc34)s2)cc(-c2[c-]c(-c3cc(-c4cc(C(C)(C)C)cc(C(C)(C)C)c4)cc(-c4ccccc4O)n3)ccc2)n1.[Pt]. The number of thiophene rings is 1. The number of aryl methyl sites for hydroxylation is 1. The van der Waals surface area contributed by atoms with E-state index in [1.807, 2.05) is 43.3 Å². The van der Waals surface area contributed by atoms with Gasteiger partial charge in [0.25, 0.3) is 0 Å². The third-order valence-electron chi connectivity index (χ3n) is 10.9. The number of nitrogens with zero attached hydrogens (tertiary/aromatic N) is 2. The Kier molecular flexibility index (Phi) is 10.6. The molecule has 0 bridgehead atoms. The normalized spacial score (nSPS) is 11.9. The molecule has 4 heterocycles. The van der Waals surface area contributed by atoms with Crippen LogP contribution in [0.1, 0.15) is 58.4 Å². The summed E-state index contributed by atoms with van der Waals surface area (Å²) in [5.41, 5.74) is 14.3. The monoisotopic (exact) mass is 968 g/mol. The van der Waals surface area contributed by atoms with Gasteiger partial charge in [-0.3, -0.25) is 9.97 Å². The van der Waals surface area contributed by atoms with Gasteiger partial charge in [-0.2, -0.15) is 0 Å². The fourth-order valence-corrected chi connectivity index (χ4v) is 8.56. The number of para-hydroxylation sites is 2. The van der Waals surface area contributed by atoms with Crippen molar-refractivity contribution in [3.05, 3.63) is 162 Å². The Hall–Kier alpha value is -5.61. The summed E-state index contributed by atoms with van der Waals surface area (Å²) in [6, 6.07) is 51.8. The number of phenols is 1. The molecule has 0 amide bonds. The minimum atomic E-state index is -0.0391. The third kappa shape index (κ3) is 8.07. The second kappa shape index (κ2) is 15.5. The number of furan rings is 1. The van der Waals surface area contributed by atoms with Gasteiger partial charge in [0, 0.05) is 64.2 Å². The van der Waals surface area contributed by atoms with E-state index in [4.69, 9.17) is 14.4 Å². The molecule has 4 nitrogen and oxygen atoms in total. The molecule has 6 heteroatoms. The van der Waals surface area contributed by atoms with E-state index in [9.17, 15) is 5.11 Å². The van der Waals surface area contributed by atoms with E-state index >= 15 is 0 Å². The number of phenolic OH excluding ortho intramolecular Hbond substituents is 1. The van der Waals surface area contributed by atoms with Crippen molar-refractivity contribution in [2.75, 3.05) is 0 Å². The van der Waals surface area contributed by atoms with Crippen LogP contribution >= 0.6 is 11.3 Å². The predicted octanol–water partition coefficient (Wildman–Crippen LogP) is 14.8. The van der Waals surface area contributed by atoms with E-state index in [1.165, 1.54) is 16.0 Å². The van der Waals surface area contributed by atoms with Gasteiger partial charge in [0.15, 0.2) is 0 Å². The first-order valence-corrected chi connectivity index (χ1v) is 20.6. The number of aromatic hydroxyl groups is 1. The number of aromatic nitrogens is 2. The quantitative estimate of drug-likeness (QED) is 0.169. The molecule has 0 aliphatic carbocycles. The van der Waals surface area contributed by atoms with E-state index in [0.29, 0.717) is 11.3 Å². The molecule has 0 aliphatic rings. The Bertz CT molecular complexity index is 2980. The Labute approximate surface area is 364 Å². The van der Waals surface area contributed by atoms with Crippen LogP contribution in [0, 0.1) is 13.0 Å². The molecule has 296 valence electrons. The van der Waals surface area contributed by atoms with Crippen LogP contribution in [0.15, 0.2) is 144 Å². The van der Waals surface area contributed by atoms with E-state index in [2.05, 4.69) is 145 Å². The molecular formula is C53H45N2O2PtS-. The van der Waals surface area contributed by atoms with Crippen LogP contribution in [0.25, 0.3) is 87.7 Å². The summed E-state index contributed by atoms with van der Waals surface area (Å²) in [5, 5.41) is 13.3. The smallest absolute Gasteiger partial charge is 0.136 e. The molecule has 0 aliphatic heterocycles. The van der Waals surface area contributed by atoms with Gasteiger partial charge in [0.05, 0.1) is 5.69 Å². The fourth-order valence-electron chi connectivity index (χ4n) is 7.57.